The maximum absolute atomic E-state index is 13.6. The van der Waals surface area contributed by atoms with Crippen molar-refractivity contribution in [3.05, 3.63) is 0 Å². The molecular formula is C34H50O10. The van der Waals surface area contributed by atoms with Gasteiger partial charge in [-0.1, -0.05) is 27.7 Å². The van der Waals surface area contributed by atoms with E-state index in [1.807, 2.05) is 34.6 Å². The van der Waals surface area contributed by atoms with E-state index < -0.39 is 64.5 Å². The predicted octanol–water partition coefficient (Wildman–Crippen LogP) is 4.11. The van der Waals surface area contributed by atoms with Crippen molar-refractivity contribution in [2.24, 2.45) is 82.3 Å². The smallest absolute Gasteiger partial charge is 0.317 e. The Kier molecular flexibility index (Phi) is 8.75. The van der Waals surface area contributed by atoms with Crippen LogP contribution in [0.1, 0.15) is 80.6 Å². The fourth-order valence-corrected chi connectivity index (χ4v) is 10.4. The van der Waals surface area contributed by atoms with Crippen LogP contribution in [0.25, 0.3) is 0 Å². The molecule has 4 aliphatic carbocycles. The Morgan fingerprint density at radius 2 is 1.52 bits per heavy atom. The van der Waals surface area contributed by atoms with Crippen LogP contribution in [0.3, 0.4) is 0 Å². The van der Waals surface area contributed by atoms with E-state index in [1.54, 1.807) is 6.92 Å². The molecule has 2 N–H and O–H groups in total. The summed E-state index contributed by atoms with van der Waals surface area (Å²) in [5.74, 6) is -7.43. The number of fused-ring (bicyclic) bond motifs is 4. The van der Waals surface area contributed by atoms with Crippen LogP contribution in [-0.2, 0) is 38.2 Å². The van der Waals surface area contributed by atoms with Gasteiger partial charge in [0.25, 0.3) is 0 Å². The molecular weight excluding hydrogens is 568 g/mol. The second-order valence-corrected chi connectivity index (χ2v) is 15.6. The zero-order chi connectivity index (χ0) is 32.5. The summed E-state index contributed by atoms with van der Waals surface area (Å²) in [5, 5.41) is 20.4. The van der Waals surface area contributed by atoms with Gasteiger partial charge in [-0.3, -0.25) is 24.0 Å². The molecule has 13 atom stereocenters. The van der Waals surface area contributed by atoms with Crippen molar-refractivity contribution < 1.29 is 48.4 Å². The maximum atomic E-state index is 13.6. The van der Waals surface area contributed by atoms with Crippen LogP contribution in [0.5, 0.6) is 0 Å². The molecule has 4 bridgehead atoms. The molecule has 5 fully saturated rings. The van der Waals surface area contributed by atoms with Gasteiger partial charge in [-0.25, -0.2) is 0 Å². The van der Waals surface area contributed by atoms with Crippen molar-refractivity contribution in [2.75, 3.05) is 13.2 Å². The number of carbonyl (C=O) groups is 5. The van der Waals surface area contributed by atoms with E-state index in [0.29, 0.717) is 32.1 Å². The van der Waals surface area contributed by atoms with Gasteiger partial charge in [0.1, 0.15) is 5.60 Å². The molecule has 10 heteroatoms. The lowest BCUT2D eigenvalue weighted by molar-refractivity contribution is -0.170. The molecule has 10 nitrogen and oxygen atoms in total. The number of ether oxygens (including phenoxy) is 3. The summed E-state index contributed by atoms with van der Waals surface area (Å²) in [7, 11) is 0. The summed E-state index contributed by atoms with van der Waals surface area (Å²) in [6.45, 7) is 13.1. The quantitative estimate of drug-likeness (QED) is 0.208. The van der Waals surface area contributed by atoms with E-state index in [-0.39, 0.29) is 66.5 Å². The Morgan fingerprint density at radius 3 is 2.05 bits per heavy atom. The second kappa shape index (κ2) is 11.7. The molecule has 1 heterocycles. The number of cyclic esters (lactones) is 2. The van der Waals surface area contributed by atoms with Crippen LogP contribution in [0, 0.1) is 82.3 Å². The first-order chi connectivity index (χ1) is 20.6. The van der Waals surface area contributed by atoms with Gasteiger partial charge in [0.05, 0.1) is 42.8 Å². The van der Waals surface area contributed by atoms with Crippen LogP contribution in [0.15, 0.2) is 0 Å². The molecule has 0 amide bonds. The minimum Gasteiger partial charge on any atom is -0.481 e. The summed E-state index contributed by atoms with van der Waals surface area (Å²) in [5.41, 5.74) is -1.21. The van der Waals surface area contributed by atoms with Crippen molar-refractivity contribution in [1.29, 1.82) is 0 Å². The highest BCUT2D eigenvalue weighted by molar-refractivity contribution is 5.96. The van der Waals surface area contributed by atoms with E-state index in [2.05, 4.69) is 6.92 Å². The number of carbonyl (C=O) groups excluding carboxylic acids is 4. The summed E-state index contributed by atoms with van der Waals surface area (Å²) in [6.07, 6.45) is 3.16. The lowest BCUT2D eigenvalue weighted by atomic mass is 9.56. The Balaban J connectivity index is 1.44. The maximum Gasteiger partial charge on any atom is 0.317 e. The third-order valence-corrected chi connectivity index (χ3v) is 12.6. The standard InChI is InChI=1S/C34H50O10/c1-8-34(9-2,13-35)14-42-31(40)27-18-12-21(26(27)28(36)37)22(15(18)3)24-17-10-19(20(11-17)30(39)44-33(5,6)7)25(24)23-16(4)29(38)43-32(23)41/h15-27,35H,8-14H2,1-7H3,(H,36,37). The van der Waals surface area contributed by atoms with Gasteiger partial charge in [0, 0.05) is 5.41 Å². The van der Waals surface area contributed by atoms with Crippen LogP contribution in [0.4, 0.5) is 0 Å². The fourth-order valence-electron chi connectivity index (χ4n) is 10.4. The molecule has 1 saturated heterocycles. The van der Waals surface area contributed by atoms with Crippen molar-refractivity contribution in [1.82, 2.24) is 0 Å². The SMILES string of the molecule is CCC(CC)(CO)COC(=O)C1C2CC(C1C(=O)O)C(C1C3CC(C(=O)OC(C)(C)C)C(C3)C1C1C(=O)OC(=O)C1C)C2C. The highest BCUT2D eigenvalue weighted by Gasteiger charge is 2.69. The lowest BCUT2D eigenvalue weighted by Gasteiger charge is -2.47. The highest BCUT2D eigenvalue weighted by Crippen LogP contribution is 2.69. The number of esters is 4. The Labute approximate surface area is 259 Å². The number of hydrogen-bond acceptors (Lipinski definition) is 9. The van der Waals surface area contributed by atoms with Gasteiger partial charge in [-0.15, -0.1) is 0 Å². The molecule has 44 heavy (non-hydrogen) atoms. The second-order valence-electron chi connectivity index (χ2n) is 15.6. The normalized spacial score (nSPS) is 41.2. The number of carboxylic acids is 1. The molecule has 0 aromatic carbocycles. The summed E-state index contributed by atoms with van der Waals surface area (Å²) in [4.78, 5) is 65.5. The van der Waals surface area contributed by atoms with E-state index in [0.717, 1.165) is 0 Å². The predicted molar refractivity (Wildman–Crippen MR) is 156 cm³/mol. The summed E-state index contributed by atoms with van der Waals surface area (Å²) >= 11 is 0. The van der Waals surface area contributed by atoms with E-state index >= 15 is 0 Å². The summed E-state index contributed by atoms with van der Waals surface area (Å²) < 4.78 is 16.7. The van der Waals surface area contributed by atoms with Gasteiger partial charge in [0.2, 0.25) is 0 Å². The van der Waals surface area contributed by atoms with Crippen LogP contribution < -0.4 is 0 Å². The fraction of sp³-hybridized carbons (Fsp3) is 0.853. The van der Waals surface area contributed by atoms with Crippen molar-refractivity contribution in [3.8, 4) is 0 Å². The van der Waals surface area contributed by atoms with E-state index in [4.69, 9.17) is 14.2 Å². The molecule has 13 unspecified atom stereocenters. The first kappa shape index (κ1) is 32.9. The number of aliphatic carboxylic acids is 1. The number of aliphatic hydroxyl groups is 1. The van der Waals surface area contributed by atoms with Crippen LogP contribution in [0.2, 0.25) is 0 Å². The number of hydrogen-bond donors (Lipinski definition) is 2. The first-order valence-electron chi connectivity index (χ1n) is 16.6. The topological polar surface area (TPSA) is 154 Å². The highest BCUT2D eigenvalue weighted by atomic mass is 16.6. The molecule has 0 aromatic rings. The average Bonchev–Trinajstić information content (AvgIpc) is 3.74. The minimum absolute atomic E-state index is 0.0108. The summed E-state index contributed by atoms with van der Waals surface area (Å²) in [6, 6.07) is 0. The Morgan fingerprint density at radius 1 is 0.864 bits per heavy atom. The average molecular weight is 619 g/mol. The largest absolute Gasteiger partial charge is 0.481 e. The first-order valence-corrected chi connectivity index (χ1v) is 16.6. The zero-order valence-electron chi connectivity index (χ0n) is 27.1. The van der Waals surface area contributed by atoms with Gasteiger partial charge >= 0.3 is 29.8 Å². The molecule has 5 aliphatic rings. The molecule has 4 saturated carbocycles. The third-order valence-electron chi connectivity index (χ3n) is 12.6. The lowest BCUT2D eigenvalue weighted by Crippen LogP contribution is -2.50. The number of carboxylic acid groups (broad SMARTS) is 1. The number of aliphatic hydroxyl groups excluding tert-OH is 1. The zero-order valence-corrected chi connectivity index (χ0v) is 27.1. The molecule has 0 aromatic heterocycles. The number of rotatable bonds is 10. The molecule has 1 aliphatic heterocycles. The van der Waals surface area contributed by atoms with Gasteiger partial charge in [0.15, 0.2) is 0 Å². The Hall–Kier alpha value is -2.49. The van der Waals surface area contributed by atoms with E-state index in [1.165, 1.54) is 0 Å². The monoisotopic (exact) mass is 618 g/mol. The Bertz CT molecular complexity index is 1170. The van der Waals surface area contributed by atoms with Crippen molar-refractivity contribution in [2.45, 2.75) is 86.2 Å². The van der Waals surface area contributed by atoms with Crippen LogP contribution in [-0.4, -0.2) is 58.9 Å². The molecule has 246 valence electrons. The van der Waals surface area contributed by atoms with Gasteiger partial charge in [-0.05, 0) is 100 Å². The van der Waals surface area contributed by atoms with Gasteiger partial charge in [-0.2, -0.15) is 0 Å². The van der Waals surface area contributed by atoms with Crippen molar-refractivity contribution in [3.63, 3.8) is 0 Å². The minimum atomic E-state index is -1.02. The molecule has 5 rings (SSSR count). The van der Waals surface area contributed by atoms with Gasteiger partial charge < -0.3 is 24.4 Å². The third kappa shape index (κ3) is 5.26. The van der Waals surface area contributed by atoms with E-state index in [9.17, 15) is 34.2 Å². The van der Waals surface area contributed by atoms with Crippen LogP contribution >= 0.6 is 0 Å². The molecule has 0 radical (unpaired) electrons. The molecule has 0 spiro atoms. The van der Waals surface area contributed by atoms with Crippen molar-refractivity contribution >= 4 is 29.8 Å².